The number of carbonyl (C=O) groups is 2. The number of anilines is 1. The molecule has 0 bridgehead atoms. The number of hydrogen-bond donors (Lipinski definition) is 3. The molecule has 0 saturated heterocycles. The maximum absolute atomic E-state index is 11.8. The molecule has 1 aromatic rings. The first-order chi connectivity index (χ1) is 10.2. The van der Waals surface area contributed by atoms with Gasteiger partial charge in [0.2, 0.25) is 0 Å². The standard InChI is InChI=1S/C17H26N2O3/c1-12-10-14(6-7-15(12)13(2)21)19-16(22)18-9-5-8-17(3,4)11-20/h6-7,10,20H,5,8-9,11H2,1-4H3,(H2,18,19,22). The normalized spacial score (nSPS) is 11.1. The molecule has 0 fully saturated rings. The van der Waals surface area contributed by atoms with Gasteiger partial charge in [-0.1, -0.05) is 13.8 Å². The van der Waals surface area contributed by atoms with Crippen LogP contribution < -0.4 is 10.6 Å². The van der Waals surface area contributed by atoms with Crippen LogP contribution in [0.1, 0.15) is 49.5 Å². The summed E-state index contributed by atoms with van der Waals surface area (Å²) < 4.78 is 0. The summed E-state index contributed by atoms with van der Waals surface area (Å²) in [6.07, 6.45) is 1.65. The Morgan fingerprint density at radius 1 is 1.27 bits per heavy atom. The van der Waals surface area contributed by atoms with Gasteiger partial charge in [0.05, 0.1) is 0 Å². The first-order valence-electron chi connectivity index (χ1n) is 7.52. The molecule has 5 heteroatoms. The molecule has 22 heavy (non-hydrogen) atoms. The lowest BCUT2D eigenvalue weighted by molar-refractivity contribution is 0.101. The van der Waals surface area contributed by atoms with Crippen molar-refractivity contribution >= 4 is 17.5 Å². The van der Waals surface area contributed by atoms with Crippen molar-refractivity contribution in [3.05, 3.63) is 29.3 Å². The van der Waals surface area contributed by atoms with E-state index in [9.17, 15) is 9.59 Å². The predicted octanol–water partition coefficient (Wildman–Crippen LogP) is 3.12. The van der Waals surface area contributed by atoms with Crippen molar-refractivity contribution in [1.29, 1.82) is 0 Å². The van der Waals surface area contributed by atoms with Crippen LogP contribution in [-0.2, 0) is 0 Å². The first kappa shape index (κ1) is 18.2. The van der Waals surface area contributed by atoms with Crippen molar-refractivity contribution in [1.82, 2.24) is 5.32 Å². The monoisotopic (exact) mass is 306 g/mol. The maximum atomic E-state index is 11.8. The molecule has 0 spiro atoms. The fraction of sp³-hybridized carbons (Fsp3) is 0.529. The Bertz CT molecular complexity index is 539. The summed E-state index contributed by atoms with van der Waals surface area (Å²) in [4.78, 5) is 23.2. The van der Waals surface area contributed by atoms with Crippen LogP contribution in [-0.4, -0.2) is 30.1 Å². The van der Waals surface area contributed by atoms with Gasteiger partial charge >= 0.3 is 6.03 Å². The van der Waals surface area contributed by atoms with E-state index in [1.807, 2.05) is 20.8 Å². The van der Waals surface area contributed by atoms with Crippen LogP contribution >= 0.6 is 0 Å². The number of hydrogen-bond acceptors (Lipinski definition) is 3. The van der Waals surface area contributed by atoms with Gasteiger partial charge in [-0.3, -0.25) is 4.79 Å². The molecular formula is C17H26N2O3. The summed E-state index contributed by atoms with van der Waals surface area (Å²) >= 11 is 0. The van der Waals surface area contributed by atoms with Crippen LogP contribution in [0.2, 0.25) is 0 Å². The molecule has 0 saturated carbocycles. The van der Waals surface area contributed by atoms with Gasteiger partial charge in [-0.05, 0) is 55.9 Å². The summed E-state index contributed by atoms with van der Waals surface area (Å²) in [6.45, 7) is 8.05. The molecule has 3 N–H and O–H groups in total. The third-order valence-corrected chi connectivity index (χ3v) is 3.61. The Morgan fingerprint density at radius 3 is 2.50 bits per heavy atom. The third-order valence-electron chi connectivity index (χ3n) is 3.61. The fourth-order valence-corrected chi connectivity index (χ4v) is 2.16. The van der Waals surface area contributed by atoms with Crippen molar-refractivity contribution in [3.63, 3.8) is 0 Å². The van der Waals surface area contributed by atoms with Gasteiger partial charge in [0.1, 0.15) is 0 Å². The Kier molecular flexibility index (Phi) is 6.56. The van der Waals surface area contributed by atoms with Gasteiger partial charge in [-0.25, -0.2) is 4.79 Å². The average Bonchev–Trinajstić information content (AvgIpc) is 2.43. The number of aryl methyl sites for hydroxylation is 1. The molecule has 0 unspecified atom stereocenters. The molecule has 0 radical (unpaired) electrons. The van der Waals surface area contributed by atoms with E-state index < -0.39 is 0 Å². The van der Waals surface area contributed by atoms with Gasteiger partial charge in [-0.15, -0.1) is 0 Å². The highest BCUT2D eigenvalue weighted by Crippen LogP contribution is 2.20. The van der Waals surface area contributed by atoms with E-state index in [1.165, 1.54) is 6.92 Å². The lowest BCUT2D eigenvalue weighted by atomic mass is 9.89. The average molecular weight is 306 g/mol. The molecule has 1 rings (SSSR count). The lowest BCUT2D eigenvalue weighted by Gasteiger charge is -2.21. The van der Waals surface area contributed by atoms with Crippen LogP contribution in [0.3, 0.4) is 0 Å². The SMILES string of the molecule is CC(=O)c1ccc(NC(=O)NCCCC(C)(C)CO)cc1C. The van der Waals surface area contributed by atoms with E-state index in [2.05, 4.69) is 10.6 Å². The molecule has 1 aromatic carbocycles. The number of benzene rings is 1. The largest absolute Gasteiger partial charge is 0.396 e. The van der Waals surface area contributed by atoms with E-state index in [-0.39, 0.29) is 23.8 Å². The lowest BCUT2D eigenvalue weighted by Crippen LogP contribution is -2.30. The molecule has 0 atom stereocenters. The second-order valence-corrected chi connectivity index (χ2v) is 6.39. The minimum atomic E-state index is -0.267. The number of carbonyl (C=O) groups excluding carboxylic acids is 2. The summed E-state index contributed by atoms with van der Waals surface area (Å²) in [7, 11) is 0. The van der Waals surface area contributed by atoms with Crippen LogP contribution in [0.25, 0.3) is 0 Å². The fourth-order valence-electron chi connectivity index (χ4n) is 2.16. The van der Waals surface area contributed by atoms with E-state index in [0.717, 1.165) is 18.4 Å². The number of nitrogens with one attached hydrogen (secondary N) is 2. The molecule has 0 aliphatic carbocycles. The van der Waals surface area contributed by atoms with Crippen molar-refractivity contribution in [2.45, 2.75) is 40.5 Å². The zero-order valence-corrected chi connectivity index (χ0v) is 13.8. The Labute approximate surface area is 132 Å². The van der Waals surface area contributed by atoms with Crippen molar-refractivity contribution in [3.8, 4) is 0 Å². The molecule has 122 valence electrons. The van der Waals surface area contributed by atoms with Gasteiger partial charge in [-0.2, -0.15) is 0 Å². The smallest absolute Gasteiger partial charge is 0.319 e. The molecule has 0 heterocycles. The topological polar surface area (TPSA) is 78.4 Å². The molecule has 0 aromatic heterocycles. The number of rotatable bonds is 7. The molecule has 2 amide bonds. The summed E-state index contributed by atoms with van der Waals surface area (Å²) in [6, 6.07) is 4.96. The van der Waals surface area contributed by atoms with Gasteiger partial charge in [0.15, 0.2) is 5.78 Å². The van der Waals surface area contributed by atoms with E-state index >= 15 is 0 Å². The Hall–Kier alpha value is -1.88. The minimum Gasteiger partial charge on any atom is -0.396 e. The second-order valence-electron chi connectivity index (χ2n) is 6.39. The minimum absolute atomic E-state index is 0.0139. The number of amides is 2. The Morgan fingerprint density at radius 2 is 1.95 bits per heavy atom. The third kappa shape index (κ3) is 5.85. The zero-order valence-electron chi connectivity index (χ0n) is 13.8. The van der Waals surface area contributed by atoms with E-state index in [0.29, 0.717) is 17.8 Å². The molecular weight excluding hydrogens is 280 g/mol. The van der Waals surface area contributed by atoms with Gasteiger partial charge in [0, 0.05) is 24.4 Å². The highest BCUT2D eigenvalue weighted by atomic mass is 16.3. The number of Topliss-reactive ketones (excluding diaryl/α,β-unsaturated/α-hetero) is 1. The second kappa shape index (κ2) is 7.94. The number of ketones is 1. The van der Waals surface area contributed by atoms with Crippen LogP contribution in [0.15, 0.2) is 18.2 Å². The predicted molar refractivity (Wildman–Crippen MR) is 88.3 cm³/mol. The molecule has 0 aliphatic heterocycles. The van der Waals surface area contributed by atoms with E-state index in [4.69, 9.17) is 5.11 Å². The van der Waals surface area contributed by atoms with Crippen molar-refractivity contribution in [2.24, 2.45) is 5.41 Å². The van der Waals surface area contributed by atoms with Gasteiger partial charge in [0.25, 0.3) is 0 Å². The van der Waals surface area contributed by atoms with Crippen LogP contribution in [0.5, 0.6) is 0 Å². The quantitative estimate of drug-likeness (QED) is 0.535. The van der Waals surface area contributed by atoms with E-state index in [1.54, 1.807) is 18.2 Å². The first-order valence-corrected chi connectivity index (χ1v) is 7.52. The number of aliphatic hydroxyl groups is 1. The van der Waals surface area contributed by atoms with Crippen LogP contribution in [0.4, 0.5) is 10.5 Å². The Balaban J connectivity index is 2.43. The van der Waals surface area contributed by atoms with Crippen LogP contribution in [0, 0.1) is 12.3 Å². The van der Waals surface area contributed by atoms with Crippen molar-refractivity contribution < 1.29 is 14.7 Å². The number of urea groups is 1. The highest BCUT2D eigenvalue weighted by Gasteiger charge is 2.15. The maximum Gasteiger partial charge on any atom is 0.319 e. The molecule has 5 nitrogen and oxygen atoms in total. The molecule has 0 aliphatic rings. The number of aliphatic hydroxyl groups excluding tert-OH is 1. The highest BCUT2D eigenvalue weighted by molar-refractivity contribution is 5.96. The summed E-state index contributed by atoms with van der Waals surface area (Å²) in [5.74, 6) is 0.0139. The summed E-state index contributed by atoms with van der Waals surface area (Å²) in [5, 5.41) is 14.7. The van der Waals surface area contributed by atoms with Crippen molar-refractivity contribution in [2.75, 3.05) is 18.5 Å². The summed E-state index contributed by atoms with van der Waals surface area (Å²) in [5.41, 5.74) is 2.06. The zero-order chi connectivity index (χ0) is 16.8. The van der Waals surface area contributed by atoms with Gasteiger partial charge < -0.3 is 15.7 Å².